The minimum Gasteiger partial charge on any atom is -0.496 e. The van der Waals surface area contributed by atoms with Crippen molar-refractivity contribution in [1.82, 2.24) is 5.16 Å². The summed E-state index contributed by atoms with van der Waals surface area (Å²) in [6, 6.07) is 3.60. The number of aromatic carboxylic acids is 1. The van der Waals surface area contributed by atoms with Crippen LogP contribution in [0.3, 0.4) is 0 Å². The fourth-order valence-electron chi connectivity index (χ4n) is 2.00. The van der Waals surface area contributed by atoms with Crippen LogP contribution in [0.1, 0.15) is 28.7 Å². The predicted molar refractivity (Wildman–Crippen MR) is 81.4 cm³/mol. The predicted octanol–water partition coefficient (Wildman–Crippen LogP) is 2.05. The zero-order valence-corrected chi connectivity index (χ0v) is 13.6. The molecule has 1 heterocycles. The van der Waals surface area contributed by atoms with Gasteiger partial charge in [-0.05, 0) is 31.5 Å². The molecule has 2 aromatic rings. The first-order chi connectivity index (χ1) is 10.8. The summed E-state index contributed by atoms with van der Waals surface area (Å²) in [4.78, 5) is 11.0. The summed E-state index contributed by atoms with van der Waals surface area (Å²) in [5.41, 5.74) is 0.492. The summed E-state index contributed by atoms with van der Waals surface area (Å²) in [5, 5.41) is 12.9. The van der Waals surface area contributed by atoms with Crippen LogP contribution < -0.4 is 9.46 Å². The van der Waals surface area contributed by atoms with Gasteiger partial charge in [-0.2, -0.15) is 0 Å². The molecule has 0 saturated carbocycles. The molecule has 0 spiro atoms. The Hall–Kier alpha value is -2.55. The number of benzene rings is 1. The molecule has 2 rings (SSSR count). The maximum Gasteiger partial charge on any atom is 0.339 e. The summed E-state index contributed by atoms with van der Waals surface area (Å²) < 4.78 is 37.2. The minimum atomic E-state index is -3.99. The Bertz CT molecular complexity index is 841. The number of carbonyl (C=O) groups is 1. The number of anilines is 1. The molecular formula is C14H16N2O6S. The minimum absolute atomic E-state index is 0.0758. The zero-order valence-electron chi connectivity index (χ0n) is 12.8. The first-order valence-corrected chi connectivity index (χ1v) is 8.17. The number of nitrogens with one attached hydrogen (secondary N) is 1. The number of carboxylic acids is 1. The molecule has 0 saturated heterocycles. The van der Waals surface area contributed by atoms with E-state index in [1.807, 2.05) is 6.92 Å². The van der Waals surface area contributed by atoms with Crippen LogP contribution >= 0.6 is 0 Å². The van der Waals surface area contributed by atoms with E-state index in [4.69, 9.17) is 14.4 Å². The van der Waals surface area contributed by atoms with Gasteiger partial charge < -0.3 is 14.4 Å². The van der Waals surface area contributed by atoms with Crippen LogP contribution in [-0.4, -0.2) is 31.8 Å². The van der Waals surface area contributed by atoms with Gasteiger partial charge in [0, 0.05) is 0 Å². The maximum absolute atomic E-state index is 12.5. The highest BCUT2D eigenvalue weighted by Gasteiger charge is 2.23. The van der Waals surface area contributed by atoms with E-state index in [2.05, 4.69) is 9.88 Å². The SMILES string of the molecule is CCc1noc(C)c1NS(=O)(=O)c1ccc(OC)c(C(=O)O)c1. The number of nitrogens with zero attached hydrogens (tertiary/aromatic N) is 1. The van der Waals surface area contributed by atoms with Crippen molar-refractivity contribution in [3.05, 3.63) is 35.2 Å². The Kier molecular flexibility index (Phi) is 4.60. The Labute approximate surface area is 133 Å². The van der Waals surface area contributed by atoms with Crippen LogP contribution in [0.15, 0.2) is 27.6 Å². The lowest BCUT2D eigenvalue weighted by Gasteiger charge is -2.10. The van der Waals surface area contributed by atoms with Gasteiger partial charge in [-0.15, -0.1) is 0 Å². The van der Waals surface area contributed by atoms with Crippen molar-refractivity contribution in [1.29, 1.82) is 0 Å². The van der Waals surface area contributed by atoms with Gasteiger partial charge in [0.1, 0.15) is 22.7 Å². The van der Waals surface area contributed by atoms with E-state index in [0.29, 0.717) is 17.9 Å². The quantitative estimate of drug-likeness (QED) is 0.826. The lowest BCUT2D eigenvalue weighted by atomic mass is 10.2. The smallest absolute Gasteiger partial charge is 0.339 e. The molecule has 1 aromatic heterocycles. The lowest BCUT2D eigenvalue weighted by Crippen LogP contribution is -2.15. The van der Waals surface area contributed by atoms with Gasteiger partial charge in [0.05, 0.1) is 12.0 Å². The van der Waals surface area contributed by atoms with E-state index in [1.165, 1.54) is 19.2 Å². The second kappa shape index (κ2) is 6.29. The first kappa shape index (κ1) is 16.8. The molecule has 0 bridgehead atoms. The number of hydrogen-bond acceptors (Lipinski definition) is 6. The number of sulfonamides is 1. The highest BCUT2D eigenvalue weighted by Crippen LogP contribution is 2.27. The molecule has 0 atom stereocenters. The van der Waals surface area contributed by atoms with Gasteiger partial charge >= 0.3 is 5.97 Å². The molecule has 0 amide bonds. The number of carboxylic acid groups (broad SMARTS) is 1. The van der Waals surface area contributed by atoms with E-state index in [0.717, 1.165) is 6.07 Å². The van der Waals surface area contributed by atoms with Crippen molar-refractivity contribution in [2.45, 2.75) is 25.2 Å². The van der Waals surface area contributed by atoms with E-state index >= 15 is 0 Å². The fourth-order valence-corrected chi connectivity index (χ4v) is 3.17. The molecule has 0 aliphatic carbocycles. The monoisotopic (exact) mass is 340 g/mol. The van der Waals surface area contributed by atoms with Crippen molar-refractivity contribution in [3.63, 3.8) is 0 Å². The lowest BCUT2D eigenvalue weighted by molar-refractivity contribution is 0.0693. The number of rotatable bonds is 6. The van der Waals surface area contributed by atoms with Crippen LogP contribution in [0.4, 0.5) is 5.69 Å². The van der Waals surface area contributed by atoms with Crippen molar-refractivity contribution in [2.24, 2.45) is 0 Å². The highest BCUT2D eigenvalue weighted by molar-refractivity contribution is 7.92. The number of hydrogen-bond donors (Lipinski definition) is 2. The molecule has 9 heteroatoms. The van der Waals surface area contributed by atoms with Crippen LogP contribution in [0, 0.1) is 6.92 Å². The largest absolute Gasteiger partial charge is 0.496 e. The third kappa shape index (κ3) is 3.29. The van der Waals surface area contributed by atoms with E-state index in [1.54, 1.807) is 6.92 Å². The average Bonchev–Trinajstić information content (AvgIpc) is 2.86. The molecule has 124 valence electrons. The van der Waals surface area contributed by atoms with Crippen molar-refractivity contribution in [3.8, 4) is 5.75 Å². The van der Waals surface area contributed by atoms with Gasteiger partial charge in [0.2, 0.25) is 0 Å². The Balaban J connectivity index is 2.46. The second-order valence-electron chi connectivity index (χ2n) is 4.69. The number of methoxy groups -OCH3 is 1. The normalized spacial score (nSPS) is 11.3. The van der Waals surface area contributed by atoms with Gasteiger partial charge in [-0.25, -0.2) is 13.2 Å². The van der Waals surface area contributed by atoms with E-state index in [9.17, 15) is 13.2 Å². The third-order valence-corrected chi connectivity index (χ3v) is 4.56. The first-order valence-electron chi connectivity index (χ1n) is 6.69. The average molecular weight is 340 g/mol. The summed E-state index contributed by atoms with van der Waals surface area (Å²) >= 11 is 0. The van der Waals surface area contributed by atoms with Crippen molar-refractivity contribution >= 4 is 21.7 Å². The van der Waals surface area contributed by atoms with E-state index in [-0.39, 0.29) is 21.9 Å². The molecule has 0 aliphatic rings. The molecular weight excluding hydrogens is 324 g/mol. The molecule has 8 nitrogen and oxygen atoms in total. The van der Waals surface area contributed by atoms with Gasteiger partial charge in [-0.3, -0.25) is 4.72 Å². The second-order valence-corrected chi connectivity index (χ2v) is 6.37. The summed E-state index contributed by atoms with van der Waals surface area (Å²) in [6.45, 7) is 3.39. The molecule has 1 aromatic carbocycles. The highest BCUT2D eigenvalue weighted by atomic mass is 32.2. The topological polar surface area (TPSA) is 119 Å². The Morgan fingerprint density at radius 1 is 1.43 bits per heavy atom. The standard InChI is InChI=1S/C14H16N2O6S/c1-4-11-13(8(2)22-15-11)16-23(19,20)9-5-6-12(21-3)10(7-9)14(17)18/h5-7,16H,4H2,1-3H3,(H,17,18). The zero-order chi connectivity index (χ0) is 17.2. The Morgan fingerprint density at radius 2 is 2.13 bits per heavy atom. The fraction of sp³-hybridized carbons (Fsp3) is 0.286. The van der Waals surface area contributed by atoms with Crippen LogP contribution in [-0.2, 0) is 16.4 Å². The summed E-state index contributed by atoms with van der Waals surface area (Å²) in [7, 11) is -2.68. The maximum atomic E-state index is 12.5. The van der Waals surface area contributed by atoms with Crippen LogP contribution in [0.2, 0.25) is 0 Å². The summed E-state index contributed by atoms with van der Waals surface area (Å²) in [6.07, 6.45) is 0.484. The molecule has 23 heavy (non-hydrogen) atoms. The number of ether oxygens (including phenoxy) is 1. The molecule has 0 fully saturated rings. The van der Waals surface area contributed by atoms with Gasteiger partial charge in [0.15, 0.2) is 5.76 Å². The van der Waals surface area contributed by atoms with Crippen molar-refractivity contribution in [2.75, 3.05) is 11.8 Å². The molecule has 0 unspecified atom stereocenters. The van der Waals surface area contributed by atoms with Crippen LogP contribution in [0.25, 0.3) is 0 Å². The number of aromatic nitrogens is 1. The van der Waals surface area contributed by atoms with Crippen LogP contribution in [0.5, 0.6) is 5.75 Å². The molecule has 2 N–H and O–H groups in total. The summed E-state index contributed by atoms with van der Waals surface area (Å²) in [5.74, 6) is -0.876. The third-order valence-electron chi connectivity index (χ3n) is 3.22. The molecule has 0 aliphatic heterocycles. The van der Waals surface area contributed by atoms with E-state index < -0.39 is 16.0 Å². The van der Waals surface area contributed by atoms with Gasteiger partial charge in [-0.1, -0.05) is 12.1 Å². The molecule has 0 radical (unpaired) electrons. The van der Waals surface area contributed by atoms with Gasteiger partial charge in [0.25, 0.3) is 10.0 Å². The van der Waals surface area contributed by atoms with Crippen molar-refractivity contribution < 1.29 is 27.6 Å². The Morgan fingerprint density at radius 3 is 2.70 bits per heavy atom. The number of aryl methyl sites for hydroxylation is 2.